The maximum absolute atomic E-state index is 13.7. The number of benzene rings is 1. The van der Waals surface area contributed by atoms with Crippen LogP contribution in [0.1, 0.15) is 56.6 Å². The molecule has 0 heterocycles. The molecule has 5 heteroatoms. The van der Waals surface area contributed by atoms with Crippen molar-refractivity contribution in [2.45, 2.75) is 57.2 Å². The number of hydrogen-bond acceptors (Lipinski definition) is 1. The Balaban J connectivity index is 2.17. The van der Waals surface area contributed by atoms with Gasteiger partial charge in [-0.1, -0.05) is 25.8 Å². The first-order valence-corrected chi connectivity index (χ1v) is 7.42. The van der Waals surface area contributed by atoms with Crippen molar-refractivity contribution in [3.8, 4) is 0 Å². The van der Waals surface area contributed by atoms with Crippen molar-refractivity contribution in [1.29, 1.82) is 0 Å². The molecule has 118 valence electrons. The molecule has 1 saturated carbocycles. The molecule has 0 spiro atoms. The molecule has 21 heavy (non-hydrogen) atoms. The molecule has 0 radical (unpaired) electrons. The molecule has 1 nitrogen and oxygen atoms in total. The Labute approximate surface area is 122 Å². The van der Waals surface area contributed by atoms with Gasteiger partial charge < -0.3 is 5.73 Å². The molecular formula is C16H21F4N. The summed E-state index contributed by atoms with van der Waals surface area (Å²) in [4.78, 5) is 0. The fourth-order valence-electron chi connectivity index (χ4n) is 3.23. The van der Waals surface area contributed by atoms with Crippen LogP contribution in [0, 0.1) is 11.7 Å². The van der Waals surface area contributed by atoms with E-state index < -0.39 is 23.1 Å². The second-order valence-electron chi connectivity index (χ2n) is 6.08. The topological polar surface area (TPSA) is 26.0 Å². The summed E-state index contributed by atoms with van der Waals surface area (Å²) in [6, 6.07) is 3.09. The molecule has 1 aromatic carbocycles. The minimum absolute atomic E-state index is 0.475. The Morgan fingerprint density at radius 3 is 2.33 bits per heavy atom. The van der Waals surface area contributed by atoms with Crippen LogP contribution in [0.15, 0.2) is 18.2 Å². The third-order valence-corrected chi connectivity index (χ3v) is 4.54. The minimum Gasteiger partial charge on any atom is -0.321 e. The van der Waals surface area contributed by atoms with Gasteiger partial charge in [-0.25, -0.2) is 4.39 Å². The third kappa shape index (κ3) is 3.57. The van der Waals surface area contributed by atoms with Crippen LogP contribution in [0.5, 0.6) is 0 Å². The highest BCUT2D eigenvalue weighted by molar-refractivity contribution is 5.31. The Bertz CT molecular complexity index is 488. The van der Waals surface area contributed by atoms with Crippen LogP contribution >= 0.6 is 0 Å². The summed E-state index contributed by atoms with van der Waals surface area (Å²) in [6.45, 7) is 2.13. The molecule has 1 aliphatic carbocycles. The van der Waals surface area contributed by atoms with Gasteiger partial charge in [-0.3, -0.25) is 0 Å². The number of hydrogen-bond donors (Lipinski definition) is 1. The summed E-state index contributed by atoms with van der Waals surface area (Å²) in [5.74, 6) is -0.605. The van der Waals surface area contributed by atoms with Crippen molar-refractivity contribution in [3.05, 3.63) is 35.1 Å². The van der Waals surface area contributed by atoms with Gasteiger partial charge in [-0.15, -0.1) is 0 Å². The lowest BCUT2D eigenvalue weighted by molar-refractivity contribution is -0.140. The normalized spacial score (nSPS) is 26.9. The van der Waals surface area contributed by atoms with E-state index in [-0.39, 0.29) is 0 Å². The van der Waals surface area contributed by atoms with E-state index in [1.54, 1.807) is 0 Å². The largest absolute Gasteiger partial charge is 0.419 e. The zero-order chi connectivity index (χ0) is 15.7. The van der Waals surface area contributed by atoms with Crippen LogP contribution in [0.25, 0.3) is 0 Å². The van der Waals surface area contributed by atoms with Gasteiger partial charge in [0.05, 0.1) is 5.56 Å². The fraction of sp³-hybridized carbons (Fsp3) is 0.625. The third-order valence-electron chi connectivity index (χ3n) is 4.54. The molecule has 1 aliphatic rings. The molecule has 0 unspecified atom stereocenters. The zero-order valence-electron chi connectivity index (χ0n) is 12.1. The standard InChI is InChI=1S/C16H21F4N/c1-2-3-11-6-8-15(21,9-7-11)12-4-5-13(14(17)10-12)16(18,19)20/h4-5,10-11H,2-3,6-9,21H2,1H3. The number of alkyl halides is 3. The summed E-state index contributed by atoms with van der Waals surface area (Å²) in [7, 11) is 0. The van der Waals surface area contributed by atoms with E-state index in [1.807, 2.05) is 0 Å². The monoisotopic (exact) mass is 303 g/mol. The van der Waals surface area contributed by atoms with Gasteiger partial charge >= 0.3 is 6.18 Å². The second kappa shape index (κ2) is 5.95. The molecule has 0 bridgehead atoms. The summed E-state index contributed by atoms with van der Waals surface area (Å²) in [6.07, 6.45) is 0.905. The van der Waals surface area contributed by atoms with Crippen molar-refractivity contribution in [2.75, 3.05) is 0 Å². The second-order valence-corrected chi connectivity index (χ2v) is 6.08. The first kappa shape index (κ1) is 16.3. The quantitative estimate of drug-likeness (QED) is 0.782. The summed E-state index contributed by atoms with van der Waals surface area (Å²) in [5, 5.41) is 0. The number of halogens is 4. The van der Waals surface area contributed by atoms with E-state index in [2.05, 4.69) is 6.92 Å². The average Bonchev–Trinajstić information content (AvgIpc) is 2.40. The van der Waals surface area contributed by atoms with Crippen molar-refractivity contribution in [2.24, 2.45) is 11.7 Å². The Hall–Kier alpha value is -1.10. The predicted octanol–water partition coefficient (Wildman–Crippen LogP) is 4.99. The molecule has 1 aromatic rings. The van der Waals surface area contributed by atoms with Crippen LogP contribution < -0.4 is 5.73 Å². The van der Waals surface area contributed by atoms with E-state index in [1.165, 1.54) is 6.07 Å². The maximum atomic E-state index is 13.7. The SMILES string of the molecule is CCCC1CCC(N)(c2ccc(C(F)(F)F)c(F)c2)CC1. The Morgan fingerprint density at radius 2 is 1.86 bits per heavy atom. The molecular weight excluding hydrogens is 282 g/mol. The van der Waals surface area contributed by atoms with E-state index in [0.717, 1.165) is 37.8 Å². The first-order chi connectivity index (χ1) is 9.76. The van der Waals surface area contributed by atoms with Crippen molar-refractivity contribution < 1.29 is 17.6 Å². The van der Waals surface area contributed by atoms with Gasteiger partial charge in [-0.05, 0) is 49.3 Å². The van der Waals surface area contributed by atoms with Crippen LogP contribution in [0.3, 0.4) is 0 Å². The minimum atomic E-state index is -4.66. The lowest BCUT2D eigenvalue weighted by Crippen LogP contribution is -2.40. The highest BCUT2D eigenvalue weighted by atomic mass is 19.4. The highest BCUT2D eigenvalue weighted by Crippen LogP contribution is 2.40. The smallest absolute Gasteiger partial charge is 0.321 e. The van der Waals surface area contributed by atoms with Gasteiger partial charge in [0, 0.05) is 5.54 Å². The zero-order valence-corrected chi connectivity index (χ0v) is 12.1. The fourth-order valence-corrected chi connectivity index (χ4v) is 3.23. The van der Waals surface area contributed by atoms with Gasteiger partial charge in [0.15, 0.2) is 0 Å². The Morgan fingerprint density at radius 1 is 1.24 bits per heavy atom. The van der Waals surface area contributed by atoms with Gasteiger partial charge in [0.25, 0.3) is 0 Å². The Kier molecular flexibility index (Phi) is 4.61. The molecule has 0 atom stereocenters. The van der Waals surface area contributed by atoms with E-state index >= 15 is 0 Å². The molecule has 2 N–H and O–H groups in total. The molecule has 0 amide bonds. The van der Waals surface area contributed by atoms with Crippen molar-refractivity contribution >= 4 is 0 Å². The summed E-state index contributed by atoms with van der Waals surface area (Å²) < 4.78 is 51.4. The van der Waals surface area contributed by atoms with E-state index in [4.69, 9.17) is 5.73 Å². The van der Waals surface area contributed by atoms with Crippen LogP contribution in [-0.2, 0) is 11.7 Å². The van der Waals surface area contributed by atoms with Gasteiger partial charge in [0.2, 0.25) is 0 Å². The van der Waals surface area contributed by atoms with Crippen molar-refractivity contribution in [3.63, 3.8) is 0 Å². The maximum Gasteiger partial charge on any atom is 0.419 e. The molecule has 0 aliphatic heterocycles. The van der Waals surface area contributed by atoms with Crippen LogP contribution in [0.2, 0.25) is 0 Å². The van der Waals surface area contributed by atoms with E-state index in [0.29, 0.717) is 24.3 Å². The number of nitrogens with two attached hydrogens (primary N) is 1. The van der Waals surface area contributed by atoms with Crippen LogP contribution in [0.4, 0.5) is 17.6 Å². The molecule has 0 saturated heterocycles. The summed E-state index contributed by atoms with van der Waals surface area (Å²) >= 11 is 0. The summed E-state index contributed by atoms with van der Waals surface area (Å²) in [5.41, 5.74) is 4.87. The predicted molar refractivity (Wildman–Crippen MR) is 74.1 cm³/mol. The van der Waals surface area contributed by atoms with Gasteiger partial charge in [0.1, 0.15) is 5.82 Å². The molecule has 0 aromatic heterocycles. The lowest BCUT2D eigenvalue weighted by Gasteiger charge is -2.37. The number of rotatable bonds is 3. The first-order valence-electron chi connectivity index (χ1n) is 7.42. The molecule has 1 fully saturated rings. The lowest BCUT2D eigenvalue weighted by atomic mass is 9.72. The van der Waals surface area contributed by atoms with E-state index in [9.17, 15) is 17.6 Å². The average molecular weight is 303 g/mol. The van der Waals surface area contributed by atoms with Crippen LogP contribution in [-0.4, -0.2) is 0 Å². The highest BCUT2D eigenvalue weighted by Gasteiger charge is 2.37. The van der Waals surface area contributed by atoms with Crippen molar-refractivity contribution in [1.82, 2.24) is 0 Å². The molecule has 2 rings (SSSR count). The van der Waals surface area contributed by atoms with Gasteiger partial charge in [-0.2, -0.15) is 13.2 Å².